The monoisotopic (exact) mass is 208 g/mol. The lowest BCUT2D eigenvalue weighted by molar-refractivity contribution is 0.683. The van der Waals surface area contributed by atoms with Crippen molar-refractivity contribution in [3.05, 3.63) is 35.5 Å². The first-order valence-corrected chi connectivity index (χ1v) is 4.63. The Morgan fingerprint density at radius 1 is 1.21 bits per heavy atom. The summed E-state index contributed by atoms with van der Waals surface area (Å²) in [6.07, 6.45) is 2.22. The number of nitrogens with one attached hydrogen (secondary N) is 1. The number of benzene rings is 1. The third-order valence-corrected chi connectivity index (χ3v) is 2.81. The van der Waals surface area contributed by atoms with Crippen LogP contribution < -0.4 is 5.32 Å². The predicted octanol–water partition coefficient (Wildman–Crippen LogP) is 2.20. The van der Waals surface area contributed by atoms with E-state index in [0.717, 1.165) is 13.1 Å². The molecule has 1 aromatic heterocycles. The van der Waals surface area contributed by atoms with Crippen molar-refractivity contribution in [3.8, 4) is 0 Å². The molecule has 74 valence electrons. The van der Waals surface area contributed by atoms with Crippen molar-refractivity contribution < 1.29 is 0 Å². The number of aryl methyl sites for hydroxylation is 1. The van der Waals surface area contributed by atoms with Crippen molar-refractivity contribution in [2.24, 2.45) is 7.05 Å². The number of nitrogens with zero attached hydrogens (tertiary/aromatic N) is 1. The maximum atomic E-state index is 3.40. The molecule has 14 heavy (non-hydrogen) atoms. The Balaban J connectivity index is 0.000000750. The van der Waals surface area contributed by atoms with E-state index in [0.29, 0.717) is 0 Å². The highest BCUT2D eigenvalue weighted by molar-refractivity contribution is 5.87. The first-order valence-electron chi connectivity index (χ1n) is 4.63. The van der Waals surface area contributed by atoms with Gasteiger partial charge in [0.15, 0.2) is 0 Å². The molecule has 3 heteroatoms. The van der Waals surface area contributed by atoms with E-state index in [1.54, 1.807) is 0 Å². The number of hydrogen-bond donors (Lipinski definition) is 1. The molecule has 2 nitrogen and oxygen atoms in total. The van der Waals surface area contributed by atoms with Gasteiger partial charge in [-0.05, 0) is 17.2 Å². The van der Waals surface area contributed by atoms with Gasteiger partial charge in [0.1, 0.15) is 0 Å². The van der Waals surface area contributed by atoms with Crippen LogP contribution in [0.15, 0.2) is 24.4 Å². The molecule has 1 N–H and O–H groups in total. The van der Waals surface area contributed by atoms with Crippen LogP contribution in [0.25, 0.3) is 10.9 Å². The van der Waals surface area contributed by atoms with Gasteiger partial charge in [-0.3, -0.25) is 0 Å². The first-order chi connectivity index (χ1) is 6.36. The van der Waals surface area contributed by atoms with Gasteiger partial charge in [-0.2, -0.15) is 0 Å². The van der Waals surface area contributed by atoms with Crippen LogP contribution in [-0.4, -0.2) is 4.57 Å². The van der Waals surface area contributed by atoms with Crippen LogP contribution in [0.4, 0.5) is 0 Å². The minimum atomic E-state index is 0. The summed E-state index contributed by atoms with van der Waals surface area (Å²) >= 11 is 0. The van der Waals surface area contributed by atoms with Crippen molar-refractivity contribution in [1.82, 2.24) is 9.88 Å². The van der Waals surface area contributed by atoms with Gasteiger partial charge in [-0.15, -0.1) is 12.4 Å². The lowest BCUT2D eigenvalue weighted by atomic mass is 10.0. The van der Waals surface area contributed by atoms with Crippen LogP contribution in [-0.2, 0) is 20.1 Å². The predicted molar refractivity (Wildman–Crippen MR) is 60.7 cm³/mol. The molecule has 1 aromatic carbocycles. The average Bonchev–Trinajstić information content (AvgIpc) is 2.47. The molecule has 0 unspecified atom stereocenters. The highest BCUT2D eigenvalue weighted by Crippen LogP contribution is 2.27. The fourth-order valence-electron chi connectivity index (χ4n) is 2.23. The van der Waals surface area contributed by atoms with E-state index in [9.17, 15) is 0 Å². The second-order valence-electron chi connectivity index (χ2n) is 3.68. The molecule has 1 aliphatic rings. The summed E-state index contributed by atoms with van der Waals surface area (Å²) in [4.78, 5) is 0. The van der Waals surface area contributed by atoms with Crippen molar-refractivity contribution in [3.63, 3.8) is 0 Å². The number of hydrogen-bond acceptors (Lipinski definition) is 1. The van der Waals surface area contributed by atoms with Gasteiger partial charge >= 0.3 is 0 Å². The van der Waals surface area contributed by atoms with Crippen LogP contribution in [0, 0.1) is 0 Å². The maximum absolute atomic E-state index is 3.40. The van der Waals surface area contributed by atoms with Crippen molar-refractivity contribution in [1.29, 1.82) is 0 Å². The Labute approximate surface area is 89.3 Å². The summed E-state index contributed by atoms with van der Waals surface area (Å²) in [5.74, 6) is 0. The summed E-state index contributed by atoms with van der Waals surface area (Å²) in [5.41, 5.74) is 4.22. The quantitative estimate of drug-likeness (QED) is 0.703. The van der Waals surface area contributed by atoms with Crippen LogP contribution in [0.2, 0.25) is 0 Å². The standard InChI is InChI=1S/C11H12N2.ClH/c1-13-7-9-6-12-5-8-3-2-4-10(13)11(8)9;/h2-4,7,12H,5-6H2,1H3;1H. The second-order valence-corrected chi connectivity index (χ2v) is 3.68. The average molecular weight is 209 g/mol. The molecular weight excluding hydrogens is 196 g/mol. The third kappa shape index (κ3) is 1.15. The molecule has 0 atom stereocenters. The number of aromatic nitrogens is 1. The zero-order chi connectivity index (χ0) is 8.84. The second kappa shape index (κ2) is 3.30. The molecule has 0 aliphatic carbocycles. The first kappa shape index (κ1) is 9.56. The van der Waals surface area contributed by atoms with Gasteiger partial charge in [-0.1, -0.05) is 12.1 Å². The minimum absolute atomic E-state index is 0. The normalized spacial score (nSPS) is 14.1. The Morgan fingerprint density at radius 3 is 2.86 bits per heavy atom. The molecule has 0 saturated carbocycles. The molecule has 0 bridgehead atoms. The lowest BCUT2D eigenvalue weighted by Crippen LogP contribution is -2.16. The molecule has 2 heterocycles. The summed E-state index contributed by atoms with van der Waals surface area (Å²) in [6, 6.07) is 6.53. The van der Waals surface area contributed by atoms with E-state index in [1.807, 2.05) is 0 Å². The van der Waals surface area contributed by atoms with Crippen molar-refractivity contribution in [2.75, 3.05) is 0 Å². The van der Waals surface area contributed by atoms with E-state index in [4.69, 9.17) is 0 Å². The zero-order valence-electron chi connectivity index (χ0n) is 8.08. The maximum Gasteiger partial charge on any atom is 0.0484 e. The fraction of sp³-hybridized carbons (Fsp3) is 0.273. The van der Waals surface area contributed by atoms with Crippen LogP contribution >= 0.6 is 12.4 Å². The Morgan fingerprint density at radius 2 is 2.00 bits per heavy atom. The third-order valence-electron chi connectivity index (χ3n) is 2.81. The van der Waals surface area contributed by atoms with E-state index in [-0.39, 0.29) is 12.4 Å². The van der Waals surface area contributed by atoms with E-state index < -0.39 is 0 Å². The highest BCUT2D eigenvalue weighted by atomic mass is 35.5. The molecule has 2 aromatic rings. The summed E-state index contributed by atoms with van der Waals surface area (Å²) < 4.78 is 2.21. The van der Waals surface area contributed by atoms with Crippen LogP contribution in [0.3, 0.4) is 0 Å². The topological polar surface area (TPSA) is 17.0 Å². The Hall–Kier alpha value is -0.990. The molecule has 1 aliphatic heterocycles. The van der Waals surface area contributed by atoms with Gasteiger partial charge in [0.05, 0.1) is 0 Å². The molecular formula is C11H13ClN2. The van der Waals surface area contributed by atoms with Crippen LogP contribution in [0.1, 0.15) is 11.1 Å². The largest absolute Gasteiger partial charge is 0.350 e. The number of halogens is 1. The van der Waals surface area contributed by atoms with Gasteiger partial charge in [0, 0.05) is 37.2 Å². The van der Waals surface area contributed by atoms with E-state index in [2.05, 4.69) is 41.3 Å². The Bertz CT molecular complexity index is 473. The van der Waals surface area contributed by atoms with Gasteiger partial charge in [0.2, 0.25) is 0 Å². The smallest absolute Gasteiger partial charge is 0.0484 e. The molecule has 0 spiro atoms. The minimum Gasteiger partial charge on any atom is -0.350 e. The fourth-order valence-corrected chi connectivity index (χ4v) is 2.23. The van der Waals surface area contributed by atoms with E-state index >= 15 is 0 Å². The van der Waals surface area contributed by atoms with Crippen molar-refractivity contribution >= 4 is 23.3 Å². The molecule has 0 amide bonds. The Kier molecular flexibility index (Phi) is 2.25. The summed E-state index contributed by atoms with van der Waals surface area (Å²) in [6.45, 7) is 2.02. The highest BCUT2D eigenvalue weighted by Gasteiger charge is 2.13. The van der Waals surface area contributed by atoms with E-state index in [1.165, 1.54) is 22.0 Å². The molecule has 3 rings (SSSR count). The van der Waals surface area contributed by atoms with Gasteiger partial charge in [0.25, 0.3) is 0 Å². The summed E-state index contributed by atoms with van der Waals surface area (Å²) in [5, 5.41) is 4.86. The zero-order valence-corrected chi connectivity index (χ0v) is 8.90. The van der Waals surface area contributed by atoms with Gasteiger partial charge in [-0.25, -0.2) is 0 Å². The number of rotatable bonds is 0. The lowest BCUT2D eigenvalue weighted by Gasteiger charge is -2.12. The SMILES string of the molecule is Cl.Cn1cc2c3c(cccc31)CNC2. The molecule has 0 fully saturated rings. The molecule has 0 saturated heterocycles. The van der Waals surface area contributed by atoms with Crippen molar-refractivity contribution in [2.45, 2.75) is 13.1 Å². The van der Waals surface area contributed by atoms with Crippen LogP contribution in [0.5, 0.6) is 0 Å². The summed E-state index contributed by atoms with van der Waals surface area (Å²) in [7, 11) is 2.11. The molecule has 0 radical (unpaired) electrons. The van der Waals surface area contributed by atoms with Gasteiger partial charge < -0.3 is 9.88 Å².